The van der Waals surface area contributed by atoms with E-state index in [0.29, 0.717) is 4.90 Å². The Bertz CT molecular complexity index is 152. The van der Waals surface area contributed by atoms with Gasteiger partial charge in [0.1, 0.15) is 0 Å². The molecule has 1 aliphatic rings. The molecule has 0 unspecified atom stereocenters. The van der Waals surface area contributed by atoms with E-state index in [0.717, 1.165) is 32.9 Å². The van der Waals surface area contributed by atoms with Gasteiger partial charge in [-0.2, -0.15) is 13.2 Å². The number of nitrogens with one attached hydrogen (secondary N) is 1. The Balaban J connectivity index is 2.30. The maximum absolute atomic E-state index is 12.1. The third kappa shape index (κ3) is 3.52. The summed E-state index contributed by atoms with van der Waals surface area (Å²) in [5, 5.41) is 3.08. The molecule has 1 atom stereocenters. The van der Waals surface area contributed by atoms with Gasteiger partial charge in [0, 0.05) is 12.6 Å². The van der Waals surface area contributed by atoms with E-state index in [1.54, 1.807) is 0 Å². The Morgan fingerprint density at radius 3 is 2.54 bits per heavy atom. The van der Waals surface area contributed by atoms with Gasteiger partial charge in [-0.05, 0) is 26.4 Å². The van der Waals surface area contributed by atoms with E-state index < -0.39 is 6.30 Å². The molecule has 0 aromatic carbocycles. The molecule has 1 fully saturated rings. The van der Waals surface area contributed by atoms with Gasteiger partial charge in [-0.25, -0.2) is 4.90 Å². The summed E-state index contributed by atoms with van der Waals surface area (Å²) in [5.74, 6) is 0. The lowest BCUT2D eigenvalue weighted by molar-refractivity contribution is -0.238. The van der Waals surface area contributed by atoms with Gasteiger partial charge < -0.3 is 5.32 Å². The Morgan fingerprint density at radius 2 is 2.08 bits per heavy atom. The molecular weight excluding hydrogens is 181 g/mol. The first kappa shape index (κ1) is 10.8. The van der Waals surface area contributed by atoms with Crippen LogP contribution in [0.4, 0.5) is 13.2 Å². The Kier molecular flexibility index (Phi) is 3.55. The predicted octanol–water partition coefficient (Wildman–Crippen LogP) is 1.58. The highest BCUT2D eigenvalue weighted by Gasteiger charge is 2.35. The second-order valence-corrected chi connectivity index (χ2v) is 3.50. The van der Waals surface area contributed by atoms with E-state index in [-0.39, 0.29) is 12.6 Å². The first-order valence-electron chi connectivity index (χ1n) is 4.51. The summed E-state index contributed by atoms with van der Waals surface area (Å²) in [5.41, 5.74) is 0. The van der Waals surface area contributed by atoms with Crippen molar-refractivity contribution in [1.82, 2.24) is 10.2 Å². The normalized spacial score (nSPS) is 25.2. The standard InChI is InChI=1S/C8H15F3N2/c1-13(8(9,10)11)6-7-4-2-3-5-12-7/h7,12H,2-6H2,1H3/t7-/m1/s1. The molecule has 1 rings (SSSR count). The van der Waals surface area contributed by atoms with Crippen LogP contribution in [-0.2, 0) is 0 Å². The fraction of sp³-hybridized carbons (Fsp3) is 1.00. The number of alkyl halides is 3. The Labute approximate surface area is 76.1 Å². The lowest BCUT2D eigenvalue weighted by Crippen LogP contribution is -2.46. The van der Waals surface area contributed by atoms with Gasteiger partial charge in [0.2, 0.25) is 0 Å². The molecule has 1 heterocycles. The molecule has 1 aliphatic heterocycles. The highest BCUT2D eigenvalue weighted by Crippen LogP contribution is 2.20. The Morgan fingerprint density at radius 1 is 1.38 bits per heavy atom. The third-order valence-corrected chi connectivity index (χ3v) is 2.34. The van der Waals surface area contributed by atoms with Crippen LogP contribution in [0, 0.1) is 0 Å². The first-order chi connectivity index (χ1) is 6.00. The number of rotatable bonds is 2. The van der Waals surface area contributed by atoms with Crippen molar-refractivity contribution in [3.8, 4) is 0 Å². The van der Waals surface area contributed by atoms with Crippen LogP contribution >= 0.6 is 0 Å². The minimum absolute atomic E-state index is 0.000347. The van der Waals surface area contributed by atoms with Gasteiger partial charge in [0.15, 0.2) is 0 Å². The van der Waals surface area contributed by atoms with Crippen LogP contribution < -0.4 is 5.32 Å². The minimum atomic E-state index is -4.20. The summed E-state index contributed by atoms with van der Waals surface area (Å²) in [4.78, 5) is 0.440. The van der Waals surface area contributed by atoms with Gasteiger partial charge in [-0.3, -0.25) is 0 Å². The van der Waals surface area contributed by atoms with Crippen LogP contribution in [-0.4, -0.2) is 37.4 Å². The monoisotopic (exact) mass is 196 g/mol. The van der Waals surface area contributed by atoms with Crippen LogP contribution in [0.2, 0.25) is 0 Å². The van der Waals surface area contributed by atoms with Gasteiger partial charge in [0.05, 0.1) is 0 Å². The zero-order valence-corrected chi connectivity index (χ0v) is 7.69. The fourth-order valence-corrected chi connectivity index (χ4v) is 1.51. The number of hydrogen-bond acceptors (Lipinski definition) is 2. The molecule has 0 amide bonds. The van der Waals surface area contributed by atoms with Crippen LogP contribution in [0.3, 0.4) is 0 Å². The van der Waals surface area contributed by atoms with Crippen molar-refractivity contribution >= 4 is 0 Å². The average Bonchev–Trinajstić information content (AvgIpc) is 2.04. The molecule has 0 aromatic rings. The molecule has 0 aromatic heterocycles. The van der Waals surface area contributed by atoms with Gasteiger partial charge in [-0.15, -0.1) is 0 Å². The number of hydrogen-bond donors (Lipinski definition) is 1. The van der Waals surface area contributed by atoms with Gasteiger partial charge in [0.25, 0.3) is 0 Å². The molecule has 1 saturated heterocycles. The SMILES string of the molecule is CN(C[C@H]1CCCCN1)C(F)(F)F. The van der Waals surface area contributed by atoms with E-state index >= 15 is 0 Å². The van der Waals surface area contributed by atoms with Gasteiger partial charge in [-0.1, -0.05) is 6.42 Å². The molecule has 78 valence electrons. The summed E-state index contributed by atoms with van der Waals surface area (Å²) < 4.78 is 36.3. The van der Waals surface area contributed by atoms with Crippen molar-refractivity contribution in [2.75, 3.05) is 20.1 Å². The molecule has 0 bridgehead atoms. The topological polar surface area (TPSA) is 15.3 Å². The summed E-state index contributed by atoms with van der Waals surface area (Å²) in [6.07, 6.45) is -1.24. The summed E-state index contributed by atoms with van der Waals surface area (Å²) in [6.45, 7) is 0.903. The molecule has 13 heavy (non-hydrogen) atoms. The maximum Gasteiger partial charge on any atom is 0.459 e. The quantitative estimate of drug-likeness (QED) is 0.674. The van der Waals surface area contributed by atoms with E-state index in [1.165, 1.54) is 0 Å². The molecule has 2 nitrogen and oxygen atoms in total. The van der Waals surface area contributed by atoms with E-state index in [2.05, 4.69) is 5.32 Å². The van der Waals surface area contributed by atoms with E-state index in [4.69, 9.17) is 0 Å². The van der Waals surface area contributed by atoms with Crippen LogP contribution in [0.5, 0.6) is 0 Å². The van der Waals surface area contributed by atoms with Crippen LogP contribution in [0.25, 0.3) is 0 Å². The number of halogens is 3. The van der Waals surface area contributed by atoms with Crippen molar-refractivity contribution in [1.29, 1.82) is 0 Å². The molecule has 0 radical (unpaired) electrons. The smallest absolute Gasteiger partial charge is 0.313 e. The summed E-state index contributed by atoms with van der Waals surface area (Å²) >= 11 is 0. The van der Waals surface area contributed by atoms with Crippen molar-refractivity contribution in [3.63, 3.8) is 0 Å². The van der Waals surface area contributed by atoms with Crippen molar-refractivity contribution in [2.45, 2.75) is 31.6 Å². The zero-order chi connectivity index (χ0) is 9.90. The molecule has 1 N–H and O–H groups in total. The number of likely N-dealkylation sites (N-methyl/N-ethyl adjacent to an activating group) is 1. The van der Waals surface area contributed by atoms with Crippen molar-refractivity contribution < 1.29 is 13.2 Å². The van der Waals surface area contributed by atoms with Crippen LogP contribution in [0.15, 0.2) is 0 Å². The number of nitrogens with zero attached hydrogens (tertiary/aromatic N) is 1. The third-order valence-electron chi connectivity index (χ3n) is 2.34. The largest absolute Gasteiger partial charge is 0.459 e. The molecule has 0 saturated carbocycles. The van der Waals surface area contributed by atoms with E-state index in [9.17, 15) is 13.2 Å². The molecule has 5 heteroatoms. The highest BCUT2D eigenvalue weighted by atomic mass is 19.4. The Hall–Kier alpha value is -0.290. The first-order valence-corrected chi connectivity index (χ1v) is 4.51. The summed E-state index contributed by atoms with van der Waals surface area (Å²) in [6, 6.07) is 0.000347. The molecule has 0 aliphatic carbocycles. The lowest BCUT2D eigenvalue weighted by atomic mass is 10.1. The van der Waals surface area contributed by atoms with Crippen molar-refractivity contribution in [2.24, 2.45) is 0 Å². The van der Waals surface area contributed by atoms with Gasteiger partial charge >= 0.3 is 6.30 Å². The highest BCUT2D eigenvalue weighted by molar-refractivity contribution is 4.75. The number of piperidine rings is 1. The van der Waals surface area contributed by atoms with E-state index in [1.807, 2.05) is 0 Å². The fourth-order valence-electron chi connectivity index (χ4n) is 1.51. The molecular formula is C8H15F3N2. The maximum atomic E-state index is 12.1. The minimum Gasteiger partial charge on any atom is -0.313 e. The van der Waals surface area contributed by atoms with Crippen LogP contribution in [0.1, 0.15) is 19.3 Å². The molecule has 0 spiro atoms. The van der Waals surface area contributed by atoms with Crippen molar-refractivity contribution in [3.05, 3.63) is 0 Å². The second kappa shape index (κ2) is 4.28. The lowest BCUT2D eigenvalue weighted by Gasteiger charge is -2.29. The predicted molar refractivity (Wildman–Crippen MR) is 44.3 cm³/mol. The summed E-state index contributed by atoms with van der Waals surface area (Å²) in [7, 11) is 1.09. The second-order valence-electron chi connectivity index (χ2n) is 3.50. The average molecular weight is 196 g/mol. The zero-order valence-electron chi connectivity index (χ0n) is 7.69.